The van der Waals surface area contributed by atoms with E-state index in [1.54, 1.807) is 35.9 Å². The van der Waals surface area contributed by atoms with Gasteiger partial charge in [-0.2, -0.15) is 5.10 Å². The van der Waals surface area contributed by atoms with Crippen molar-refractivity contribution in [2.24, 2.45) is 4.99 Å². The third kappa shape index (κ3) is 5.96. The molecule has 0 saturated heterocycles. The number of para-hydroxylation sites is 1. The number of allylic oxidation sites excluding steroid dienone is 1. The molecule has 3 heterocycles. The van der Waals surface area contributed by atoms with E-state index in [4.69, 9.17) is 14.6 Å². The first-order valence-electron chi connectivity index (χ1n) is 14.1. The van der Waals surface area contributed by atoms with E-state index in [2.05, 4.69) is 11.6 Å². The van der Waals surface area contributed by atoms with Gasteiger partial charge in [0.2, 0.25) is 0 Å². The Labute approximate surface area is 262 Å². The van der Waals surface area contributed by atoms with Gasteiger partial charge in [-0.15, -0.1) is 0 Å². The fourth-order valence-corrected chi connectivity index (χ4v) is 6.20. The van der Waals surface area contributed by atoms with E-state index in [1.165, 1.54) is 28.9 Å². The maximum Gasteiger partial charge on any atom is 0.338 e. The topological polar surface area (TPSA) is 105 Å². The fourth-order valence-electron chi connectivity index (χ4n) is 5.16. The first kappa shape index (κ1) is 29.5. The third-order valence-electron chi connectivity index (χ3n) is 7.13. The fraction of sp³-hybridized carbons (Fsp3) is 0.114. The summed E-state index contributed by atoms with van der Waals surface area (Å²) in [4.78, 5) is 44.1. The summed E-state index contributed by atoms with van der Waals surface area (Å²) in [5.41, 5.74) is 4.23. The summed E-state index contributed by atoms with van der Waals surface area (Å²) in [6.07, 6.45) is 5.19. The molecule has 1 aliphatic rings. The second kappa shape index (κ2) is 12.6. The van der Waals surface area contributed by atoms with Crippen LogP contribution in [0.5, 0.6) is 5.75 Å². The molecule has 0 radical (unpaired) electrons. The van der Waals surface area contributed by atoms with Crippen molar-refractivity contribution >= 4 is 29.4 Å². The van der Waals surface area contributed by atoms with Crippen LogP contribution in [0.25, 0.3) is 23.0 Å². The zero-order valence-corrected chi connectivity index (χ0v) is 25.4. The normalized spacial score (nSPS) is 14.4. The van der Waals surface area contributed by atoms with Crippen LogP contribution in [-0.4, -0.2) is 32.9 Å². The van der Waals surface area contributed by atoms with Crippen LogP contribution in [0.2, 0.25) is 0 Å². The Bertz CT molecular complexity index is 2130. The highest BCUT2D eigenvalue weighted by molar-refractivity contribution is 7.07. The molecule has 224 valence electrons. The van der Waals surface area contributed by atoms with E-state index >= 15 is 0 Å². The summed E-state index contributed by atoms with van der Waals surface area (Å²) in [7, 11) is 0. The van der Waals surface area contributed by atoms with Gasteiger partial charge in [-0.1, -0.05) is 84.7 Å². The van der Waals surface area contributed by atoms with Crippen molar-refractivity contribution in [3.05, 3.63) is 146 Å². The molecule has 0 fully saturated rings. The molecule has 0 saturated carbocycles. The third-order valence-corrected chi connectivity index (χ3v) is 8.11. The minimum atomic E-state index is -0.826. The summed E-state index contributed by atoms with van der Waals surface area (Å²) >= 11 is 1.23. The van der Waals surface area contributed by atoms with Crippen molar-refractivity contribution in [2.45, 2.75) is 19.9 Å². The van der Waals surface area contributed by atoms with Gasteiger partial charge in [0, 0.05) is 24.2 Å². The lowest BCUT2D eigenvalue weighted by Gasteiger charge is -2.24. The number of fused-ring (bicyclic) bond motifs is 1. The number of thiazole rings is 1. The summed E-state index contributed by atoms with van der Waals surface area (Å²) in [5.74, 6) is -0.709. The number of benzene rings is 3. The number of rotatable bonds is 8. The first-order chi connectivity index (χ1) is 21.8. The van der Waals surface area contributed by atoms with E-state index in [1.807, 2.05) is 72.9 Å². The van der Waals surface area contributed by atoms with Crippen molar-refractivity contribution in [3.8, 4) is 22.7 Å². The minimum absolute atomic E-state index is 0.00576. The van der Waals surface area contributed by atoms with Crippen LogP contribution in [0, 0.1) is 0 Å². The zero-order chi connectivity index (χ0) is 31.5. The number of aromatic nitrogens is 3. The molecular formula is C35H28N4O5S. The largest absolute Gasteiger partial charge is 0.458 e. The second-order valence-corrected chi connectivity index (χ2v) is 11.2. The van der Waals surface area contributed by atoms with Gasteiger partial charge in [-0.3, -0.25) is 14.2 Å². The van der Waals surface area contributed by atoms with Gasteiger partial charge >= 0.3 is 11.9 Å². The predicted octanol–water partition coefficient (Wildman–Crippen LogP) is 4.74. The Hall–Kier alpha value is -5.61. The maximum atomic E-state index is 14.2. The van der Waals surface area contributed by atoms with Crippen LogP contribution in [0.15, 0.2) is 125 Å². The van der Waals surface area contributed by atoms with Crippen molar-refractivity contribution in [3.63, 3.8) is 0 Å². The van der Waals surface area contributed by atoms with Crippen LogP contribution in [0.1, 0.15) is 31.0 Å². The number of carbonyl (C=O) groups is 2. The van der Waals surface area contributed by atoms with E-state index in [0.29, 0.717) is 32.0 Å². The quantitative estimate of drug-likeness (QED) is 0.142. The number of hydrogen-bond acceptors (Lipinski definition) is 8. The van der Waals surface area contributed by atoms with Crippen LogP contribution in [-0.2, 0) is 14.3 Å². The first-order valence-corrected chi connectivity index (χ1v) is 14.9. The summed E-state index contributed by atoms with van der Waals surface area (Å²) in [5, 5.41) is 4.87. The van der Waals surface area contributed by atoms with E-state index in [0.717, 1.165) is 16.8 Å². The van der Waals surface area contributed by atoms with Crippen molar-refractivity contribution in [2.75, 3.05) is 6.61 Å². The summed E-state index contributed by atoms with van der Waals surface area (Å²) in [6.45, 7) is 6.67. The lowest BCUT2D eigenvalue weighted by Crippen LogP contribution is -2.39. The minimum Gasteiger partial charge on any atom is -0.458 e. The molecule has 10 heteroatoms. The molecule has 0 aliphatic carbocycles. The van der Waals surface area contributed by atoms with Gasteiger partial charge in [0.1, 0.15) is 12.4 Å². The van der Waals surface area contributed by atoms with Gasteiger partial charge in [-0.05, 0) is 42.8 Å². The smallest absolute Gasteiger partial charge is 0.338 e. The average molecular weight is 617 g/mol. The molecule has 0 N–H and O–H groups in total. The Morgan fingerprint density at radius 3 is 2.36 bits per heavy atom. The lowest BCUT2D eigenvalue weighted by molar-refractivity contribution is -0.138. The highest BCUT2D eigenvalue weighted by Gasteiger charge is 2.33. The molecule has 3 aromatic carbocycles. The number of ether oxygens (including phenoxy) is 2. The van der Waals surface area contributed by atoms with E-state index < -0.39 is 18.0 Å². The standard InChI is InChI=1S/C35H28N4O5S/c1-4-19-43-34(42)30-22(2)36-35-39(32(30)25-15-17-28(18-16-25)44-23(3)40)33(41)29(45-35)20-26-21-38(27-13-9-6-10-14-27)37-31(26)24-11-7-5-8-12-24/h4-18,20-21,32H,1,19H2,2-3H3/b29-20+/t32-/m0/s1. The molecule has 1 aliphatic heterocycles. The molecular weight excluding hydrogens is 588 g/mol. The molecule has 0 bridgehead atoms. The molecule has 1 atom stereocenters. The predicted molar refractivity (Wildman–Crippen MR) is 172 cm³/mol. The summed E-state index contributed by atoms with van der Waals surface area (Å²) in [6, 6.07) is 25.4. The van der Waals surface area contributed by atoms with Crippen molar-refractivity contribution < 1.29 is 19.1 Å². The highest BCUT2D eigenvalue weighted by atomic mass is 32.1. The van der Waals surface area contributed by atoms with Crippen LogP contribution >= 0.6 is 11.3 Å². The Kier molecular flexibility index (Phi) is 8.22. The SMILES string of the molecule is C=CCOC(=O)C1=C(C)N=c2s/c(=C/c3cn(-c4ccccc4)nc3-c3ccccc3)c(=O)n2[C@H]1c1ccc(OC(C)=O)cc1. The molecule has 0 amide bonds. The molecule has 45 heavy (non-hydrogen) atoms. The Balaban J connectivity index is 1.52. The van der Waals surface area contributed by atoms with Crippen LogP contribution in [0.3, 0.4) is 0 Å². The van der Waals surface area contributed by atoms with Gasteiger partial charge in [0.25, 0.3) is 5.56 Å². The second-order valence-electron chi connectivity index (χ2n) is 10.2. The Morgan fingerprint density at radius 1 is 1.00 bits per heavy atom. The molecule has 5 aromatic rings. The van der Waals surface area contributed by atoms with E-state index in [-0.39, 0.29) is 17.7 Å². The Morgan fingerprint density at radius 2 is 1.69 bits per heavy atom. The number of esters is 2. The maximum absolute atomic E-state index is 14.2. The highest BCUT2D eigenvalue weighted by Crippen LogP contribution is 2.32. The zero-order valence-electron chi connectivity index (χ0n) is 24.5. The monoisotopic (exact) mass is 616 g/mol. The van der Waals surface area contributed by atoms with Gasteiger partial charge in [-0.25, -0.2) is 14.5 Å². The van der Waals surface area contributed by atoms with Gasteiger partial charge in [0.15, 0.2) is 4.80 Å². The number of carbonyl (C=O) groups excluding carboxylic acids is 2. The average Bonchev–Trinajstić information content (AvgIpc) is 3.60. The number of hydrogen-bond donors (Lipinski definition) is 0. The van der Waals surface area contributed by atoms with Crippen LogP contribution in [0.4, 0.5) is 0 Å². The summed E-state index contributed by atoms with van der Waals surface area (Å²) < 4.78 is 14.3. The van der Waals surface area contributed by atoms with Crippen molar-refractivity contribution in [1.29, 1.82) is 0 Å². The molecule has 0 spiro atoms. The molecule has 2 aromatic heterocycles. The lowest BCUT2D eigenvalue weighted by atomic mass is 9.96. The van der Waals surface area contributed by atoms with Gasteiger partial charge < -0.3 is 9.47 Å². The van der Waals surface area contributed by atoms with E-state index in [9.17, 15) is 14.4 Å². The molecule has 9 nitrogen and oxygen atoms in total. The van der Waals surface area contributed by atoms with Crippen molar-refractivity contribution in [1.82, 2.24) is 14.3 Å². The molecule has 0 unspecified atom stereocenters. The number of nitrogens with zero attached hydrogens (tertiary/aromatic N) is 4. The molecule has 6 rings (SSSR count). The van der Waals surface area contributed by atoms with Gasteiger partial charge in [0.05, 0.1) is 33.2 Å². The van der Waals surface area contributed by atoms with Crippen LogP contribution < -0.4 is 19.6 Å².